The molecule has 0 spiro atoms. The molecule has 0 saturated heterocycles. The fourth-order valence-corrected chi connectivity index (χ4v) is 1.89. The summed E-state index contributed by atoms with van der Waals surface area (Å²) in [4.78, 5) is 10.8. The molecule has 4 heteroatoms. The van der Waals surface area contributed by atoms with Gasteiger partial charge in [-0.15, -0.1) is 0 Å². The average molecular weight is 251 g/mol. The van der Waals surface area contributed by atoms with Crippen molar-refractivity contribution in [3.05, 3.63) is 35.4 Å². The number of ether oxygens (including phenoxy) is 1. The van der Waals surface area contributed by atoms with Crippen LogP contribution in [0.15, 0.2) is 24.3 Å². The van der Waals surface area contributed by atoms with E-state index in [2.05, 4.69) is 0 Å². The van der Waals surface area contributed by atoms with E-state index in [-0.39, 0.29) is 0 Å². The summed E-state index contributed by atoms with van der Waals surface area (Å²) in [5.41, 5.74) is 5.49. The van der Waals surface area contributed by atoms with Crippen molar-refractivity contribution >= 4 is 6.29 Å². The van der Waals surface area contributed by atoms with Crippen LogP contribution in [-0.2, 0) is 10.5 Å². The number of nitrogens with two attached hydrogens (primary N) is 1. The van der Waals surface area contributed by atoms with Crippen LogP contribution in [0.3, 0.4) is 0 Å². The third-order valence-corrected chi connectivity index (χ3v) is 3.04. The summed E-state index contributed by atoms with van der Waals surface area (Å²) in [6, 6.07) is 6.77. The van der Waals surface area contributed by atoms with Gasteiger partial charge in [0, 0.05) is 18.2 Å². The number of methoxy groups -OCH3 is 1. The van der Waals surface area contributed by atoms with Gasteiger partial charge >= 0.3 is 0 Å². The van der Waals surface area contributed by atoms with E-state index in [1.54, 1.807) is 24.3 Å². The highest BCUT2D eigenvalue weighted by molar-refractivity contribution is 5.75. The molecule has 0 aliphatic heterocycles. The Morgan fingerprint density at radius 1 is 1.39 bits per heavy atom. The minimum atomic E-state index is -1.34. The monoisotopic (exact) mass is 251 g/mol. The third kappa shape index (κ3) is 2.77. The normalized spacial score (nSPS) is 17.0. The topological polar surface area (TPSA) is 72.5 Å². The number of benzene rings is 1. The number of aldehydes is 1. The van der Waals surface area contributed by atoms with Gasteiger partial charge in [-0.05, 0) is 11.5 Å². The second kappa shape index (κ2) is 5.18. The first-order chi connectivity index (χ1) is 8.25. The van der Waals surface area contributed by atoms with Crippen molar-refractivity contribution in [2.45, 2.75) is 32.6 Å². The quantitative estimate of drug-likeness (QED) is 0.630. The van der Waals surface area contributed by atoms with Crippen LogP contribution in [0.4, 0.5) is 0 Å². The number of aliphatic hydroxyl groups is 1. The lowest BCUT2D eigenvalue weighted by molar-refractivity contribution is -0.144. The molecule has 0 aliphatic rings. The third-order valence-electron chi connectivity index (χ3n) is 3.04. The van der Waals surface area contributed by atoms with E-state index in [1.165, 1.54) is 7.11 Å². The van der Waals surface area contributed by atoms with Crippen molar-refractivity contribution in [1.29, 1.82) is 0 Å². The van der Waals surface area contributed by atoms with Gasteiger partial charge in [-0.3, -0.25) is 10.5 Å². The lowest BCUT2D eigenvalue weighted by atomic mass is 9.80. The standard InChI is InChI=1S/C14H21NO3/c1-13(2,3)12(17)14(15,18-4)11-7-5-6-10(8-11)9-16/h5-9,12,17H,15H2,1-4H3/t12-,14-/m1/s1. The summed E-state index contributed by atoms with van der Waals surface area (Å²) < 4.78 is 5.32. The Balaban J connectivity index is 3.25. The van der Waals surface area contributed by atoms with Gasteiger partial charge in [0.2, 0.25) is 0 Å². The molecule has 0 unspecified atom stereocenters. The van der Waals surface area contributed by atoms with Crippen molar-refractivity contribution < 1.29 is 14.6 Å². The number of carbonyl (C=O) groups is 1. The first kappa shape index (κ1) is 14.8. The minimum absolute atomic E-state index is 0.443. The van der Waals surface area contributed by atoms with Crippen molar-refractivity contribution in [3.8, 4) is 0 Å². The summed E-state index contributed by atoms with van der Waals surface area (Å²) in [6.45, 7) is 5.63. The predicted octanol–water partition coefficient (Wildman–Crippen LogP) is 1.66. The molecule has 100 valence electrons. The molecule has 2 atom stereocenters. The summed E-state index contributed by atoms with van der Waals surface area (Å²) in [5.74, 6) is 0. The minimum Gasteiger partial charge on any atom is -0.388 e. The second-order valence-electron chi connectivity index (χ2n) is 5.51. The van der Waals surface area contributed by atoms with Crippen molar-refractivity contribution in [2.75, 3.05) is 7.11 Å². The van der Waals surface area contributed by atoms with Crippen molar-refractivity contribution in [3.63, 3.8) is 0 Å². The van der Waals surface area contributed by atoms with Crippen LogP contribution in [0.2, 0.25) is 0 Å². The van der Waals surface area contributed by atoms with Gasteiger partial charge in [0.1, 0.15) is 12.4 Å². The van der Waals surface area contributed by atoms with E-state index in [4.69, 9.17) is 10.5 Å². The smallest absolute Gasteiger partial charge is 0.169 e. The Labute approximate surface area is 108 Å². The lowest BCUT2D eigenvalue weighted by Gasteiger charge is -2.40. The van der Waals surface area contributed by atoms with Crippen LogP contribution in [0.5, 0.6) is 0 Å². The molecule has 0 fully saturated rings. The molecule has 1 rings (SSSR count). The van der Waals surface area contributed by atoms with Crippen LogP contribution >= 0.6 is 0 Å². The Bertz CT molecular complexity index is 425. The van der Waals surface area contributed by atoms with Crippen LogP contribution in [0, 0.1) is 5.41 Å². The average Bonchev–Trinajstić information content (AvgIpc) is 2.36. The zero-order valence-electron chi connectivity index (χ0n) is 11.3. The van der Waals surface area contributed by atoms with Crippen molar-refractivity contribution in [1.82, 2.24) is 0 Å². The largest absolute Gasteiger partial charge is 0.388 e. The molecule has 3 N–H and O–H groups in total. The lowest BCUT2D eigenvalue weighted by Crippen LogP contribution is -2.54. The van der Waals surface area contributed by atoms with E-state index in [1.807, 2.05) is 20.8 Å². The molecule has 0 heterocycles. The molecule has 1 aromatic carbocycles. The predicted molar refractivity (Wildman–Crippen MR) is 70.2 cm³/mol. The fraction of sp³-hybridized carbons (Fsp3) is 0.500. The van der Waals surface area contributed by atoms with Gasteiger partial charge in [0.25, 0.3) is 0 Å². The van der Waals surface area contributed by atoms with Gasteiger partial charge in [-0.1, -0.05) is 39.0 Å². The number of aliphatic hydroxyl groups excluding tert-OH is 1. The molecule has 0 radical (unpaired) electrons. The summed E-state index contributed by atoms with van der Waals surface area (Å²) in [5, 5.41) is 10.4. The molecule has 0 saturated carbocycles. The Morgan fingerprint density at radius 3 is 2.44 bits per heavy atom. The van der Waals surface area contributed by atoms with Gasteiger partial charge in [0.15, 0.2) is 5.72 Å². The molecule has 0 amide bonds. The molecule has 0 bridgehead atoms. The maximum absolute atomic E-state index is 10.8. The van der Waals surface area contributed by atoms with Gasteiger partial charge < -0.3 is 9.84 Å². The maximum Gasteiger partial charge on any atom is 0.169 e. The molecule has 18 heavy (non-hydrogen) atoms. The Morgan fingerprint density at radius 2 is 2.00 bits per heavy atom. The molecule has 1 aromatic rings. The highest BCUT2D eigenvalue weighted by Gasteiger charge is 2.42. The zero-order chi connectivity index (χ0) is 14.0. The molecule has 4 nitrogen and oxygen atoms in total. The SMILES string of the molecule is CO[C@](N)(c1cccc(C=O)c1)[C@H](O)C(C)(C)C. The maximum atomic E-state index is 10.8. The number of hydrogen-bond donors (Lipinski definition) is 2. The zero-order valence-corrected chi connectivity index (χ0v) is 11.3. The first-order valence-corrected chi connectivity index (χ1v) is 5.83. The van der Waals surface area contributed by atoms with Gasteiger partial charge in [0.05, 0.1) is 0 Å². The Kier molecular flexibility index (Phi) is 4.27. The molecular formula is C14H21NO3. The van der Waals surface area contributed by atoms with E-state index in [0.717, 1.165) is 6.29 Å². The number of carbonyl (C=O) groups excluding carboxylic acids is 1. The molecular weight excluding hydrogens is 230 g/mol. The van der Waals surface area contributed by atoms with Crippen LogP contribution in [0.1, 0.15) is 36.7 Å². The van der Waals surface area contributed by atoms with Gasteiger partial charge in [-0.2, -0.15) is 0 Å². The van der Waals surface area contributed by atoms with Crippen LogP contribution < -0.4 is 5.73 Å². The summed E-state index contributed by atoms with van der Waals surface area (Å²) in [7, 11) is 1.45. The number of rotatable bonds is 4. The van der Waals surface area contributed by atoms with Crippen molar-refractivity contribution in [2.24, 2.45) is 11.1 Å². The number of hydrogen-bond acceptors (Lipinski definition) is 4. The van der Waals surface area contributed by atoms with Crippen LogP contribution in [0.25, 0.3) is 0 Å². The summed E-state index contributed by atoms with van der Waals surface area (Å²) >= 11 is 0. The first-order valence-electron chi connectivity index (χ1n) is 5.83. The molecule has 0 aromatic heterocycles. The van der Waals surface area contributed by atoms with Gasteiger partial charge in [-0.25, -0.2) is 0 Å². The van der Waals surface area contributed by atoms with E-state index in [0.29, 0.717) is 11.1 Å². The van der Waals surface area contributed by atoms with Crippen LogP contribution in [-0.4, -0.2) is 24.6 Å². The second-order valence-corrected chi connectivity index (χ2v) is 5.51. The highest BCUT2D eigenvalue weighted by atomic mass is 16.5. The Hall–Kier alpha value is -1.23. The summed E-state index contributed by atoms with van der Waals surface area (Å²) in [6.07, 6.45) is -0.167. The molecule has 0 aliphatic carbocycles. The van der Waals surface area contributed by atoms with E-state index < -0.39 is 17.2 Å². The van der Waals surface area contributed by atoms with E-state index >= 15 is 0 Å². The fourth-order valence-electron chi connectivity index (χ4n) is 1.89. The van der Waals surface area contributed by atoms with E-state index in [9.17, 15) is 9.90 Å². The highest BCUT2D eigenvalue weighted by Crippen LogP contribution is 2.34.